The number of carbonyl (C=O) groups is 2. The molecule has 0 unspecified atom stereocenters. The maximum absolute atomic E-state index is 10.0. The van der Waals surface area contributed by atoms with Crippen LogP contribution in [-0.4, -0.2) is 32.7 Å². The van der Waals surface area contributed by atoms with Crippen molar-refractivity contribution in [2.24, 2.45) is 0 Å². The zero-order valence-electron chi connectivity index (χ0n) is 7.08. The van der Waals surface area contributed by atoms with Crippen LogP contribution in [0.3, 0.4) is 0 Å². The highest BCUT2D eigenvalue weighted by Crippen LogP contribution is 1.92. The standard InChI is InChI=1S/C7H14N2O3/c1-12-4-2-3-7(8-5-10)9-6-11/h5-7H,2-4H2,1H3,(H,8,10)(H,9,11). The van der Waals surface area contributed by atoms with Crippen molar-refractivity contribution in [1.82, 2.24) is 10.6 Å². The molecule has 0 aliphatic rings. The summed E-state index contributed by atoms with van der Waals surface area (Å²) in [5.41, 5.74) is 0. The van der Waals surface area contributed by atoms with Gasteiger partial charge in [0.1, 0.15) is 6.17 Å². The second-order valence-corrected chi connectivity index (χ2v) is 2.26. The molecule has 0 aromatic rings. The van der Waals surface area contributed by atoms with Gasteiger partial charge in [-0.05, 0) is 12.8 Å². The smallest absolute Gasteiger partial charge is 0.208 e. The SMILES string of the molecule is COCCCC(NC=O)NC=O. The number of hydrogen-bond acceptors (Lipinski definition) is 3. The van der Waals surface area contributed by atoms with E-state index in [0.717, 1.165) is 6.42 Å². The minimum atomic E-state index is -0.282. The molecule has 0 saturated carbocycles. The van der Waals surface area contributed by atoms with E-state index in [1.807, 2.05) is 0 Å². The Kier molecular flexibility index (Phi) is 7.27. The molecule has 0 fully saturated rings. The van der Waals surface area contributed by atoms with Crippen LogP contribution >= 0.6 is 0 Å². The van der Waals surface area contributed by atoms with Gasteiger partial charge in [0.2, 0.25) is 12.8 Å². The molecular formula is C7H14N2O3. The predicted octanol–water partition coefficient (Wildman–Crippen LogP) is -0.769. The summed E-state index contributed by atoms with van der Waals surface area (Å²) in [5, 5.41) is 4.93. The lowest BCUT2D eigenvalue weighted by atomic mass is 10.2. The van der Waals surface area contributed by atoms with Crippen LogP contribution < -0.4 is 10.6 Å². The lowest BCUT2D eigenvalue weighted by molar-refractivity contribution is -0.112. The molecule has 0 spiro atoms. The molecule has 5 heteroatoms. The number of methoxy groups -OCH3 is 1. The molecule has 0 aromatic carbocycles. The zero-order chi connectivity index (χ0) is 9.23. The maximum atomic E-state index is 10.0. The molecule has 0 heterocycles. The maximum Gasteiger partial charge on any atom is 0.208 e. The van der Waals surface area contributed by atoms with Crippen molar-refractivity contribution in [3.63, 3.8) is 0 Å². The molecule has 0 aliphatic heterocycles. The summed E-state index contributed by atoms with van der Waals surface area (Å²) in [4.78, 5) is 20.0. The molecule has 0 atom stereocenters. The van der Waals surface area contributed by atoms with Gasteiger partial charge in [0.15, 0.2) is 0 Å². The first-order valence-electron chi connectivity index (χ1n) is 3.73. The molecule has 2 amide bonds. The van der Waals surface area contributed by atoms with Crippen molar-refractivity contribution >= 4 is 12.8 Å². The second-order valence-electron chi connectivity index (χ2n) is 2.26. The van der Waals surface area contributed by atoms with E-state index in [0.29, 0.717) is 25.8 Å². The summed E-state index contributed by atoms with van der Waals surface area (Å²) in [6.07, 6.45) is 2.31. The largest absolute Gasteiger partial charge is 0.385 e. The fraction of sp³-hybridized carbons (Fsp3) is 0.714. The van der Waals surface area contributed by atoms with E-state index in [-0.39, 0.29) is 6.17 Å². The Balaban J connectivity index is 3.47. The fourth-order valence-electron chi connectivity index (χ4n) is 0.811. The Morgan fingerprint density at radius 2 is 1.92 bits per heavy atom. The molecular weight excluding hydrogens is 160 g/mol. The van der Waals surface area contributed by atoms with Gasteiger partial charge in [0.25, 0.3) is 0 Å². The van der Waals surface area contributed by atoms with Crippen molar-refractivity contribution in [1.29, 1.82) is 0 Å². The number of nitrogens with one attached hydrogen (secondary N) is 2. The first-order valence-corrected chi connectivity index (χ1v) is 3.73. The summed E-state index contributed by atoms with van der Waals surface area (Å²) in [5.74, 6) is 0. The molecule has 0 aromatic heterocycles. The third-order valence-electron chi connectivity index (χ3n) is 1.38. The van der Waals surface area contributed by atoms with Gasteiger partial charge in [-0.15, -0.1) is 0 Å². The molecule has 0 radical (unpaired) electrons. The number of hydrogen-bond donors (Lipinski definition) is 2. The van der Waals surface area contributed by atoms with Crippen molar-refractivity contribution in [3.8, 4) is 0 Å². The topological polar surface area (TPSA) is 67.4 Å². The Bertz CT molecular complexity index is 120. The van der Waals surface area contributed by atoms with Gasteiger partial charge in [-0.3, -0.25) is 9.59 Å². The fourth-order valence-corrected chi connectivity index (χ4v) is 0.811. The van der Waals surface area contributed by atoms with Crippen LogP contribution in [0.2, 0.25) is 0 Å². The van der Waals surface area contributed by atoms with E-state index in [9.17, 15) is 9.59 Å². The third-order valence-corrected chi connectivity index (χ3v) is 1.38. The Morgan fingerprint density at radius 1 is 1.33 bits per heavy atom. The average Bonchev–Trinajstić information content (AvgIpc) is 2.06. The Hall–Kier alpha value is -1.10. The van der Waals surface area contributed by atoms with Gasteiger partial charge >= 0.3 is 0 Å². The third kappa shape index (κ3) is 5.67. The van der Waals surface area contributed by atoms with Crippen molar-refractivity contribution < 1.29 is 14.3 Å². The van der Waals surface area contributed by atoms with Gasteiger partial charge in [-0.2, -0.15) is 0 Å². The highest BCUT2D eigenvalue weighted by molar-refractivity contribution is 5.50. The molecule has 5 nitrogen and oxygen atoms in total. The summed E-state index contributed by atoms with van der Waals surface area (Å²) in [6, 6.07) is 0. The second kappa shape index (κ2) is 8.00. The molecule has 0 bridgehead atoms. The summed E-state index contributed by atoms with van der Waals surface area (Å²) in [7, 11) is 1.61. The van der Waals surface area contributed by atoms with Crippen molar-refractivity contribution in [2.45, 2.75) is 19.0 Å². The normalized spacial score (nSPS) is 9.50. The van der Waals surface area contributed by atoms with E-state index in [4.69, 9.17) is 4.74 Å². The first-order chi connectivity index (χ1) is 5.85. The van der Waals surface area contributed by atoms with Crippen LogP contribution in [0.1, 0.15) is 12.8 Å². The lowest BCUT2D eigenvalue weighted by Gasteiger charge is -2.13. The van der Waals surface area contributed by atoms with E-state index >= 15 is 0 Å². The van der Waals surface area contributed by atoms with Gasteiger partial charge in [-0.1, -0.05) is 0 Å². The summed E-state index contributed by atoms with van der Waals surface area (Å²) >= 11 is 0. The van der Waals surface area contributed by atoms with Crippen LogP contribution in [0.4, 0.5) is 0 Å². The van der Waals surface area contributed by atoms with Crippen LogP contribution in [0.15, 0.2) is 0 Å². The minimum absolute atomic E-state index is 0.282. The van der Waals surface area contributed by atoms with E-state index in [2.05, 4.69) is 10.6 Å². The van der Waals surface area contributed by atoms with Gasteiger partial charge < -0.3 is 15.4 Å². The number of amides is 2. The number of rotatable bonds is 8. The van der Waals surface area contributed by atoms with Crippen molar-refractivity contribution in [3.05, 3.63) is 0 Å². The van der Waals surface area contributed by atoms with Crippen molar-refractivity contribution in [2.75, 3.05) is 13.7 Å². The Labute approximate surface area is 71.5 Å². The molecule has 0 saturated heterocycles. The summed E-state index contributed by atoms with van der Waals surface area (Å²) in [6.45, 7) is 0.623. The summed E-state index contributed by atoms with van der Waals surface area (Å²) < 4.78 is 4.82. The molecule has 12 heavy (non-hydrogen) atoms. The average molecular weight is 174 g/mol. The van der Waals surface area contributed by atoms with Gasteiger partial charge in [0, 0.05) is 13.7 Å². The van der Waals surface area contributed by atoms with Crippen LogP contribution in [-0.2, 0) is 14.3 Å². The zero-order valence-corrected chi connectivity index (χ0v) is 7.08. The van der Waals surface area contributed by atoms with Gasteiger partial charge in [-0.25, -0.2) is 0 Å². The molecule has 0 aliphatic carbocycles. The van der Waals surface area contributed by atoms with E-state index < -0.39 is 0 Å². The lowest BCUT2D eigenvalue weighted by Crippen LogP contribution is -2.40. The first kappa shape index (κ1) is 10.9. The minimum Gasteiger partial charge on any atom is -0.385 e. The molecule has 2 N–H and O–H groups in total. The highest BCUT2D eigenvalue weighted by atomic mass is 16.5. The van der Waals surface area contributed by atoms with Gasteiger partial charge in [0.05, 0.1) is 0 Å². The molecule has 70 valence electrons. The number of carbonyl (C=O) groups excluding carboxylic acids is 2. The van der Waals surface area contributed by atoms with Crippen LogP contribution in [0.5, 0.6) is 0 Å². The molecule has 0 rings (SSSR count). The monoisotopic (exact) mass is 174 g/mol. The van der Waals surface area contributed by atoms with E-state index in [1.54, 1.807) is 7.11 Å². The van der Waals surface area contributed by atoms with E-state index in [1.165, 1.54) is 0 Å². The highest BCUT2D eigenvalue weighted by Gasteiger charge is 2.03. The quantitative estimate of drug-likeness (QED) is 0.288. The number of ether oxygens (including phenoxy) is 1. The van der Waals surface area contributed by atoms with Crippen LogP contribution in [0, 0.1) is 0 Å². The van der Waals surface area contributed by atoms with Crippen LogP contribution in [0.25, 0.3) is 0 Å². The Morgan fingerprint density at radius 3 is 2.33 bits per heavy atom. The predicted molar refractivity (Wildman–Crippen MR) is 43.3 cm³/mol.